The topological polar surface area (TPSA) is 147 Å². The van der Waals surface area contributed by atoms with E-state index in [1.165, 1.54) is 57.8 Å². The van der Waals surface area contributed by atoms with Crippen LogP contribution in [0.3, 0.4) is 0 Å². The van der Waals surface area contributed by atoms with Gasteiger partial charge in [0, 0.05) is 56.1 Å². The van der Waals surface area contributed by atoms with E-state index in [0.29, 0.717) is 53.0 Å². The third kappa shape index (κ3) is 7.78. The van der Waals surface area contributed by atoms with Crippen molar-refractivity contribution < 1.29 is 32.2 Å². The minimum Gasteiger partial charge on any atom is -0.497 e. The molecule has 1 saturated carbocycles. The van der Waals surface area contributed by atoms with Crippen LogP contribution < -0.4 is 19.1 Å². The van der Waals surface area contributed by atoms with Crippen LogP contribution in [0, 0.1) is 5.82 Å². The van der Waals surface area contributed by atoms with Crippen molar-refractivity contribution in [3.8, 4) is 22.6 Å². The number of carboxylic acid groups (broad SMARTS) is 1. The number of carbonyl (C=O) groups is 1. The number of aromatic carboxylic acids is 1. The highest BCUT2D eigenvalue weighted by Gasteiger charge is 2.31. The summed E-state index contributed by atoms with van der Waals surface area (Å²) in [5.74, 6) is -0.402. The van der Waals surface area contributed by atoms with Crippen molar-refractivity contribution >= 4 is 44.0 Å². The first kappa shape index (κ1) is 38.0. The number of aryl methyl sites for hydroxylation is 2. The van der Waals surface area contributed by atoms with Crippen molar-refractivity contribution in [3.05, 3.63) is 89.9 Å². The molecule has 0 amide bonds. The largest absolute Gasteiger partial charge is 0.497 e. The first-order valence-electron chi connectivity index (χ1n) is 18.7. The Morgan fingerprint density at radius 3 is 2.36 bits per heavy atom. The summed E-state index contributed by atoms with van der Waals surface area (Å²) in [5, 5.41) is 13.1. The number of pyridine rings is 1. The summed E-state index contributed by atoms with van der Waals surface area (Å²) in [4.78, 5) is 28.1. The number of rotatable bonds is 13. The minimum atomic E-state index is -4.39. The van der Waals surface area contributed by atoms with Gasteiger partial charge in [0.15, 0.2) is 0 Å². The van der Waals surface area contributed by atoms with Gasteiger partial charge in [-0.3, -0.25) is 9.29 Å². The van der Waals surface area contributed by atoms with Crippen LogP contribution in [0.4, 0.5) is 21.5 Å². The Bertz CT molecular complexity index is 2330. The second-order valence-electron chi connectivity index (χ2n) is 14.0. The molecule has 5 aromatic rings. The number of carboxylic acids is 1. The molecule has 1 aliphatic carbocycles. The average Bonchev–Trinajstić information content (AvgIpc) is 3.17. The Morgan fingerprint density at radius 2 is 1.73 bits per heavy atom. The third-order valence-electron chi connectivity index (χ3n) is 10.6. The van der Waals surface area contributed by atoms with Gasteiger partial charge in [-0.25, -0.2) is 27.6 Å². The second-order valence-corrected chi connectivity index (χ2v) is 15.9. The van der Waals surface area contributed by atoms with E-state index in [4.69, 9.17) is 9.47 Å². The maximum absolute atomic E-state index is 16.7. The molecule has 0 bridgehead atoms. The van der Waals surface area contributed by atoms with Gasteiger partial charge in [-0.05, 0) is 86.2 Å². The number of hydrogen-bond acceptors (Lipinski definition) is 10. The van der Waals surface area contributed by atoms with Gasteiger partial charge in [0.05, 0.1) is 46.8 Å². The van der Waals surface area contributed by atoms with Gasteiger partial charge >= 0.3 is 5.97 Å². The number of likely N-dealkylation sites (tertiary alicyclic amines) is 1. The third-order valence-corrected chi connectivity index (χ3v) is 12.4. The number of nitrogens with zero attached hydrogens (tertiary/aromatic N) is 5. The molecule has 55 heavy (non-hydrogen) atoms. The van der Waals surface area contributed by atoms with Crippen molar-refractivity contribution in [1.29, 1.82) is 0 Å². The van der Waals surface area contributed by atoms with Gasteiger partial charge in [0.1, 0.15) is 34.1 Å². The molecule has 2 fully saturated rings. The summed E-state index contributed by atoms with van der Waals surface area (Å²) < 4.78 is 58.3. The smallest absolute Gasteiger partial charge is 0.335 e. The van der Waals surface area contributed by atoms with Crippen LogP contribution in [0.25, 0.3) is 22.0 Å². The standard InChI is InChI=1S/C41H45FN6O6S/c1-5-35-33(23-44-38(6-2)46-35)25-20-34(42)39-36(21-25)43-24-37(55(51,52)47(3)28-10-12-30(53-4)13-11-28)40(39)45-27-18-26(41(49)50)19-32(22-27)54-31-14-16-48(17-15-31)29-8-7-9-29/h10-13,18-24,29,31H,5-9,14-17H2,1-4H3,(H,43,45)(H,49,50). The molecule has 3 aromatic carbocycles. The second kappa shape index (κ2) is 15.8. The lowest BCUT2D eigenvalue weighted by Crippen LogP contribution is -2.46. The molecular formula is C41H45FN6O6S. The van der Waals surface area contributed by atoms with E-state index in [9.17, 15) is 18.3 Å². The molecule has 0 spiro atoms. The minimum absolute atomic E-state index is 0.0737. The molecule has 288 valence electrons. The van der Waals surface area contributed by atoms with Crippen LogP contribution in [0.2, 0.25) is 0 Å². The van der Waals surface area contributed by atoms with E-state index in [1.807, 2.05) is 13.8 Å². The van der Waals surface area contributed by atoms with Gasteiger partial charge in [0.25, 0.3) is 10.0 Å². The van der Waals surface area contributed by atoms with Crippen LogP contribution in [0.5, 0.6) is 11.5 Å². The molecule has 0 unspecified atom stereocenters. The van der Waals surface area contributed by atoms with Crippen LogP contribution in [-0.2, 0) is 22.9 Å². The Kier molecular flexibility index (Phi) is 10.9. The number of anilines is 3. The number of halogens is 1. The quantitative estimate of drug-likeness (QED) is 0.122. The van der Waals surface area contributed by atoms with Crippen molar-refractivity contribution in [2.24, 2.45) is 0 Å². The highest BCUT2D eigenvalue weighted by atomic mass is 32.2. The average molecular weight is 769 g/mol. The molecular weight excluding hydrogens is 724 g/mol. The van der Waals surface area contributed by atoms with E-state index in [0.717, 1.165) is 35.9 Å². The van der Waals surface area contributed by atoms with E-state index < -0.39 is 21.8 Å². The van der Waals surface area contributed by atoms with Crippen molar-refractivity contribution in [3.63, 3.8) is 0 Å². The molecule has 2 aliphatic rings. The zero-order chi connectivity index (χ0) is 38.9. The number of fused-ring (bicyclic) bond motifs is 1. The number of piperidine rings is 1. The Labute approximate surface area is 320 Å². The van der Waals surface area contributed by atoms with Gasteiger partial charge in [-0.2, -0.15) is 0 Å². The maximum Gasteiger partial charge on any atom is 0.335 e. The van der Waals surface area contributed by atoms with E-state index in [2.05, 4.69) is 25.2 Å². The number of nitrogens with one attached hydrogen (secondary N) is 1. The molecule has 7 rings (SSSR count). The molecule has 0 atom stereocenters. The Morgan fingerprint density at radius 1 is 0.982 bits per heavy atom. The lowest BCUT2D eigenvalue weighted by molar-refractivity contribution is 0.0491. The van der Waals surface area contributed by atoms with E-state index in [-0.39, 0.29) is 38.8 Å². The summed E-state index contributed by atoms with van der Waals surface area (Å²) in [6.45, 7) is 5.73. The monoisotopic (exact) mass is 768 g/mol. The SMILES string of the molecule is CCc1ncc(-c2cc(F)c3c(Nc4cc(OC5CCN(C6CCC6)CC5)cc(C(=O)O)c4)c(S(=O)(=O)N(C)c4ccc(OC)cc4)cnc3c2)c(CC)n1. The van der Waals surface area contributed by atoms with Crippen LogP contribution in [0.1, 0.15) is 67.8 Å². The van der Waals surface area contributed by atoms with Crippen molar-refractivity contribution in [2.45, 2.75) is 75.8 Å². The van der Waals surface area contributed by atoms with Gasteiger partial charge in [-0.15, -0.1) is 0 Å². The Hall–Kier alpha value is -5.34. The van der Waals surface area contributed by atoms with Crippen molar-refractivity contribution in [2.75, 3.05) is 36.9 Å². The molecule has 12 nitrogen and oxygen atoms in total. The first-order chi connectivity index (χ1) is 26.5. The lowest BCUT2D eigenvalue weighted by Gasteiger charge is -2.41. The molecule has 1 saturated heterocycles. The summed E-state index contributed by atoms with van der Waals surface area (Å²) >= 11 is 0. The fourth-order valence-corrected chi connectivity index (χ4v) is 8.55. The zero-order valence-electron chi connectivity index (χ0n) is 31.4. The maximum atomic E-state index is 16.7. The van der Waals surface area contributed by atoms with Crippen LogP contribution in [-0.4, -0.2) is 78.7 Å². The number of ether oxygens (including phenoxy) is 2. The molecule has 2 aromatic heterocycles. The summed E-state index contributed by atoms with van der Waals surface area (Å²) in [6.07, 6.45) is 9.27. The highest BCUT2D eigenvalue weighted by molar-refractivity contribution is 7.93. The van der Waals surface area contributed by atoms with Gasteiger partial charge in [0.2, 0.25) is 0 Å². The predicted molar refractivity (Wildman–Crippen MR) is 210 cm³/mol. The molecule has 0 radical (unpaired) electrons. The normalized spacial score (nSPS) is 15.4. The summed E-state index contributed by atoms with van der Waals surface area (Å²) in [6, 6.07) is 14.5. The fraction of sp³-hybridized carbons (Fsp3) is 0.366. The number of methoxy groups -OCH3 is 1. The van der Waals surface area contributed by atoms with E-state index in [1.54, 1.807) is 42.6 Å². The Balaban J connectivity index is 1.32. The van der Waals surface area contributed by atoms with Crippen LogP contribution >= 0.6 is 0 Å². The molecule has 3 heterocycles. The predicted octanol–water partition coefficient (Wildman–Crippen LogP) is 7.63. The fourth-order valence-electron chi connectivity index (χ4n) is 7.26. The van der Waals surface area contributed by atoms with Crippen LogP contribution in [0.15, 0.2) is 71.9 Å². The number of aromatic nitrogens is 3. The van der Waals surface area contributed by atoms with Crippen molar-refractivity contribution in [1.82, 2.24) is 19.9 Å². The highest BCUT2D eigenvalue weighted by Crippen LogP contribution is 2.39. The summed E-state index contributed by atoms with van der Waals surface area (Å²) in [7, 11) is -1.49. The molecule has 14 heteroatoms. The summed E-state index contributed by atoms with van der Waals surface area (Å²) in [5.41, 5.74) is 2.41. The number of hydrogen-bond donors (Lipinski definition) is 2. The zero-order valence-corrected chi connectivity index (χ0v) is 32.2. The molecule has 1 aliphatic heterocycles. The van der Waals surface area contributed by atoms with Gasteiger partial charge in [-0.1, -0.05) is 20.3 Å². The lowest BCUT2D eigenvalue weighted by atomic mass is 9.90. The van der Waals surface area contributed by atoms with Gasteiger partial charge < -0.3 is 24.8 Å². The van der Waals surface area contributed by atoms with E-state index >= 15 is 4.39 Å². The number of sulfonamides is 1. The molecule has 2 N–H and O–H groups in total. The first-order valence-corrected chi connectivity index (χ1v) is 20.1. The number of benzene rings is 3.